The number of ether oxygens (including phenoxy) is 1. The van der Waals surface area contributed by atoms with Crippen molar-refractivity contribution in [2.45, 2.75) is 26.6 Å². The number of aliphatic hydroxyl groups is 1. The first kappa shape index (κ1) is 16.0. The Hall–Kier alpha value is -2.40. The zero-order valence-corrected chi connectivity index (χ0v) is 12.5. The molecule has 0 spiro atoms. The average Bonchev–Trinajstić information content (AvgIpc) is 2.51. The smallest absolute Gasteiger partial charge is 0.265 e. The van der Waals surface area contributed by atoms with Crippen LogP contribution in [-0.2, 0) is 11.4 Å². The molecule has 5 heteroatoms. The van der Waals surface area contributed by atoms with Gasteiger partial charge in [0.2, 0.25) is 0 Å². The third kappa shape index (κ3) is 4.05. The minimum atomic E-state index is -0.752. The second-order valence-electron chi connectivity index (χ2n) is 5.02. The molecule has 0 aromatic heterocycles. The van der Waals surface area contributed by atoms with Crippen molar-refractivity contribution < 1.29 is 19.0 Å². The SMILES string of the molecule is Cc1ccc(NC(=O)C(C)Oc2cccc(CO)c2)cc1F. The quantitative estimate of drug-likeness (QED) is 0.892. The number of carbonyl (C=O) groups is 1. The van der Waals surface area contributed by atoms with Gasteiger partial charge < -0.3 is 15.2 Å². The number of hydrogen-bond donors (Lipinski definition) is 2. The highest BCUT2D eigenvalue weighted by Gasteiger charge is 2.15. The number of rotatable bonds is 5. The Morgan fingerprint density at radius 1 is 1.32 bits per heavy atom. The number of halogens is 1. The molecule has 2 N–H and O–H groups in total. The molecule has 0 radical (unpaired) electrons. The molecule has 0 aliphatic heterocycles. The Balaban J connectivity index is 2.00. The highest BCUT2D eigenvalue weighted by molar-refractivity contribution is 5.94. The first-order valence-electron chi connectivity index (χ1n) is 6.93. The maximum atomic E-state index is 13.5. The van der Waals surface area contributed by atoms with E-state index >= 15 is 0 Å². The van der Waals surface area contributed by atoms with Gasteiger partial charge in [-0.2, -0.15) is 0 Å². The molecule has 0 bridgehead atoms. The molecule has 0 saturated carbocycles. The molecule has 116 valence electrons. The van der Waals surface area contributed by atoms with Gasteiger partial charge in [-0.25, -0.2) is 4.39 Å². The Kier molecular flexibility index (Phi) is 5.12. The van der Waals surface area contributed by atoms with Gasteiger partial charge in [0.25, 0.3) is 5.91 Å². The summed E-state index contributed by atoms with van der Waals surface area (Å²) >= 11 is 0. The molecule has 2 rings (SSSR count). The monoisotopic (exact) mass is 303 g/mol. The molecule has 4 nitrogen and oxygen atoms in total. The van der Waals surface area contributed by atoms with Crippen molar-refractivity contribution in [3.63, 3.8) is 0 Å². The lowest BCUT2D eigenvalue weighted by Crippen LogP contribution is -2.30. The average molecular weight is 303 g/mol. The highest BCUT2D eigenvalue weighted by atomic mass is 19.1. The minimum absolute atomic E-state index is 0.0968. The summed E-state index contributed by atoms with van der Waals surface area (Å²) < 4.78 is 19.0. The van der Waals surface area contributed by atoms with Crippen molar-refractivity contribution in [1.82, 2.24) is 0 Å². The normalized spacial score (nSPS) is 11.8. The minimum Gasteiger partial charge on any atom is -0.481 e. The number of aliphatic hydroxyl groups excluding tert-OH is 1. The first-order valence-corrected chi connectivity index (χ1v) is 6.93. The number of amides is 1. The lowest BCUT2D eigenvalue weighted by molar-refractivity contribution is -0.122. The van der Waals surface area contributed by atoms with Crippen LogP contribution < -0.4 is 10.1 Å². The Morgan fingerprint density at radius 2 is 2.09 bits per heavy atom. The van der Waals surface area contributed by atoms with E-state index in [-0.39, 0.29) is 18.3 Å². The molecule has 0 heterocycles. The topological polar surface area (TPSA) is 58.6 Å². The van der Waals surface area contributed by atoms with Crippen molar-refractivity contribution in [3.05, 3.63) is 59.4 Å². The van der Waals surface area contributed by atoms with Crippen LogP contribution in [-0.4, -0.2) is 17.1 Å². The van der Waals surface area contributed by atoms with Crippen LogP contribution in [0.3, 0.4) is 0 Å². The maximum Gasteiger partial charge on any atom is 0.265 e. The van der Waals surface area contributed by atoms with Crippen LogP contribution in [0, 0.1) is 12.7 Å². The molecular formula is C17H18FNO3. The number of benzene rings is 2. The van der Waals surface area contributed by atoms with Crippen LogP contribution in [0.15, 0.2) is 42.5 Å². The zero-order chi connectivity index (χ0) is 16.1. The standard InChI is InChI=1S/C17H18FNO3/c1-11-6-7-14(9-16(11)18)19-17(21)12(2)22-15-5-3-4-13(8-15)10-20/h3-9,12,20H,10H2,1-2H3,(H,19,21). The molecule has 1 atom stereocenters. The zero-order valence-electron chi connectivity index (χ0n) is 12.5. The third-order valence-corrected chi connectivity index (χ3v) is 3.20. The number of aryl methyl sites for hydroxylation is 1. The summed E-state index contributed by atoms with van der Waals surface area (Å²) in [6, 6.07) is 11.4. The van der Waals surface area contributed by atoms with Crippen LogP contribution >= 0.6 is 0 Å². The molecule has 2 aromatic carbocycles. The van der Waals surface area contributed by atoms with Gasteiger partial charge in [-0.1, -0.05) is 18.2 Å². The number of nitrogens with one attached hydrogen (secondary N) is 1. The predicted molar refractivity (Wildman–Crippen MR) is 82.2 cm³/mol. The summed E-state index contributed by atoms with van der Waals surface area (Å²) in [6.45, 7) is 3.16. The van der Waals surface area contributed by atoms with E-state index in [1.54, 1.807) is 50.2 Å². The lowest BCUT2D eigenvalue weighted by atomic mass is 10.2. The number of anilines is 1. The van der Waals surface area contributed by atoms with Gasteiger partial charge in [-0.15, -0.1) is 0 Å². The van der Waals surface area contributed by atoms with Crippen molar-refractivity contribution in [2.24, 2.45) is 0 Å². The van der Waals surface area contributed by atoms with E-state index in [1.807, 2.05) is 0 Å². The van der Waals surface area contributed by atoms with Crippen molar-refractivity contribution >= 4 is 11.6 Å². The van der Waals surface area contributed by atoms with E-state index in [0.717, 1.165) is 0 Å². The molecule has 0 saturated heterocycles. The third-order valence-electron chi connectivity index (χ3n) is 3.20. The first-order chi connectivity index (χ1) is 10.5. The summed E-state index contributed by atoms with van der Waals surface area (Å²) in [7, 11) is 0. The van der Waals surface area contributed by atoms with Crippen LogP contribution in [0.25, 0.3) is 0 Å². The summed E-state index contributed by atoms with van der Waals surface area (Å²) in [6.07, 6.45) is -0.752. The fourth-order valence-electron chi connectivity index (χ4n) is 1.89. The second-order valence-corrected chi connectivity index (χ2v) is 5.02. The summed E-state index contributed by atoms with van der Waals surface area (Å²) in [5, 5.41) is 11.7. The Bertz CT molecular complexity index is 673. The van der Waals surface area contributed by atoms with Crippen molar-refractivity contribution in [3.8, 4) is 5.75 Å². The molecule has 0 fully saturated rings. The summed E-state index contributed by atoms with van der Waals surface area (Å²) in [5.74, 6) is -0.260. The van der Waals surface area contributed by atoms with Crippen molar-refractivity contribution in [2.75, 3.05) is 5.32 Å². The fraction of sp³-hybridized carbons (Fsp3) is 0.235. The molecule has 0 aliphatic rings. The highest BCUT2D eigenvalue weighted by Crippen LogP contribution is 2.17. The van der Waals surface area contributed by atoms with Gasteiger partial charge in [0.05, 0.1) is 6.61 Å². The van der Waals surface area contributed by atoms with Crippen LogP contribution in [0.1, 0.15) is 18.1 Å². The Labute approximate surface area is 128 Å². The molecule has 22 heavy (non-hydrogen) atoms. The van der Waals surface area contributed by atoms with Gasteiger partial charge in [-0.05, 0) is 49.2 Å². The lowest BCUT2D eigenvalue weighted by Gasteiger charge is -2.15. The van der Waals surface area contributed by atoms with Crippen molar-refractivity contribution in [1.29, 1.82) is 0 Å². The van der Waals surface area contributed by atoms with E-state index < -0.39 is 6.10 Å². The van der Waals surface area contributed by atoms with E-state index in [2.05, 4.69) is 5.32 Å². The van der Waals surface area contributed by atoms with Crippen LogP contribution in [0.2, 0.25) is 0 Å². The number of carbonyl (C=O) groups excluding carboxylic acids is 1. The fourth-order valence-corrected chi connectivity index (χ4v) is 1.89. The molecular weight excluding hydrogens is 285 g/mol. The largest absolute Gasteiger partial charge is 0.481 e. The molecule has 1 amide bonds. The van der Waals surface area contributed by atoms with Crippen LogP contribution in [0.4, 0.5) is 10.1 Å². The predicted octanol–water partition coefficient (Wildman–Crippen LogP) is 3.03. The van der Waals surface area contributed by atoms with E-state index in [9.17, 15) is 9.18 Å². The molecule has 2 aromatic rings. The van der Waals surface area contributed by atoms with E-state index in [4.69, 9.17) is 9.84 Å². The van der Waals surface area contributed by atoms with Crippen LogP contribution in [0.5, 0.6) is 5.75 Å². The molecule has 0 aliphatic carbocycles. The summed E-state index contributed by atoms with van der Waals surface area (Å²) in [5.41, 5.74) is 1.60. The number of hydrogen-bond acceptors (Lipinski definition) is 3. The van der Waals surface area contributed by atoms with Gasteiger partial charge in [0, 0.05) is 5.69 Å². The summed E-state index contributed by atoms with van der Waals surface area (Å²) in [4.78, 5) is 12.1. The van der Waals surface area contributed by atoms with E-state index in [0.29, 0.717) is 22.6 Å². The van der Waals surface area contributed by atoms with Gasteiger partial charge in [-0.3, -0.25) is 4.79 Å². The second kappa shape index (κ2) is 7.04. The van der Waals surface area contributed by atoms with Gasteiger partial charge in [0.15, 0.2) is 6.10 Å². The molecule has 1 unspecified atom stereocenters. The maximum absolute atomic E-state index is 13.5. The van der Waals surface area contributed by atoms with Gasteiger partial charge >= 0.3 is 0 Å². The Morgan fingerprint density at radius 3 is 2.77 bits per heavy atom. The van der Waals surface area contributed by atoms with E-state index in [1.165, 1.54) is 6.07 Å². The van der Waals surface area contributed by atoms with Gasteiger partial charge in [0.1, 0.15) is 11.6 Å².